The summed E-state index contributed by atoms with van der Waals surface area (Å²) in [5.74, 6) is 0.498. The molecule has 0 aromatic carbocycles. The molecule has 0 aliphatic carbocycles. The number of anilines is 1. The van der Waals surface area contributed by atoms with Gasteiger partial charge in [0, 0.05) is 18.6 Å². The summed E-state index contributed by atoms with van der Waals surface area (Å²) >= 11 is 5.82. The van der Waals surface area contributed by atoms with Gasteiger partial charge < -0.3 is 5.32 Å². The maximum atomic E-state index is 10.8. The van der Waals surface area contributed by atoms with E-state index in [-0.39, 0.29) is 10.8 Å². The highest BCUT2D eigenvalue weighted by atomic mass is 35.5. The molecule has 0 saturated carbocycles. The molecule has 2 atom stereocenters. The minimum atomic E-state index is -0.449. The van der Waals surface area contributed by atoms with Crippen LogP contribution < -0.4 is 5.32 Å². The van der Waals surface area contributed by atoms with E-state index in [0.717, 1.165) is 19.5 Å². The highest BCUT2D eigenvalue weighted by Crippen LogP contribution is 2.30. The number of halogens is 1. The van der Waals surface area contributed by atoms with Gasteiger partial charge in [-0.3, -0.25) is 15.0 Å². The summed E-state index contributed by atoms with van der Waals surface area (Å²) in [6.45, 7) is 2.25. The maximum absolute atomic E-state index is 10.8. The van der Waals surface area contributed by atoms with Gasteiger partial charge in [0.05, 0.1) is 17.1 Å². The van der Waals surface area contributed by atoms with Crippen molar-refractivity contribution in [1.29, 1.82) is 0 Å². The lowest BCUT2D eigenvalue weighted by Gasteiger charge is -2.21. The van der Waals surface area contributed by atoms with Crippen molar-refractivity contribution < 1.29 is 4.92 Å². The second-order valence-corrected chi connectivity index (χ2v) is 5.46. The standard InChI is InChI=1S/C12H15ClN4O2/c13-11-6-8(17(18)19)7-12(15-11)14-9-3-5-16-4-1-2-10(9)16/h6-7,9-10H,1-5H2,(H,14,15). The lowest BCUT2D eigenvalue weighted by atomic mass is 10.1. The number of hydrogen-bond acceptors (Lipinski definition) is 5. The largest absolute Gasteiger partial charge is 0.365 e. The molecule has 7 heteroatoms. The molecule has 2 unspecified atom stereocenters. The van der Waals surface area contributed by atoms with Crippen LogP contribution in [-0.4, -0.2) is 40.0 Å². The number of nitro groups is 1. The van der Waals surface area contributed by atoms with Crippen molar-refractivity contribution in [3.63, 3.8) is 0 Å². The summed E-state index contributed by atoms with van der Waals surface area (Å²) in [6.07, 6.45) is 3.46. The van der Waals surface area contributed by atoms with Gasteiger partial charge in [0.25, 0.3) is 5.69 Å². The average Bonchev–Trinajstić information content (AvgIpc) is 2.93. The molecule has 102 valence electrons. The van der Waals surface area contributed by atoms with Crippen LogP contribution in [0, 0.1) is 10.1 Å². The van der Waals surface area contributed by atoms with E-state index in [0.29, 0.717) is 17.9 Å². The van der Waals surface area contributed by atoms with E-state index in [1.807, 2.05) is 0 Å². The highest BCUT2D eigenvalue weighted by Gasteiger charge is 2.37. The Kier molecular flexibility index (Phi) is 3.28. The number of rotatable bonds is 3. The Labute approximate surface area is 115 Å². The lowest BCUT2D eigenvalue weighted by Crippen LogP contribution is -2.34. The zero-order valence-corrected chi connectivity index (χ0v) is 11.1. The highest BCUT2D eigenvalue weighted by molar-refractivity contribution is 6.29. The Morgan fingerprint density at radius 3 is 3.05 bits per heavy atom. The van der Waals surface area contributed by atoms with Crippen molar-refractivity contribution in [3.8, 4) is 0 Å². The maximum Gasteiger partial charge on any atom is 0.276 e. The summed E-state index contributed by atoms with van der Waals surface area (Å²) in [4.78, 5) is 17.0. The lowest BCUT2D eigenvalue weighted by molar-refractivity contribution is -0.384. The third kappa shape index (κ3) is 2.50. The van der Waals surface area contributed by atoms with Crippen molar-refractivity contribution in [1.82, 2.24) is 9.88 Å². The molecular formula is C12H15ClN4O2. The summed E-state index contributed by atoms with van der Waals surface area (Å²) in [7, 11) is 0. The molecule has 0 radical (unpaired) electrons. The second-order valence-electron chi connectivity index (χ2n) is 5.08. The average molecular weight is 283 g/mol. The number of nitrogens with zero attached hydrogens (tertiary/aromatic N) is 3. The van der Waals surface area contributed by atoms with E-state index < -0.39 is 4.92 Å². The molecule has 19 heavy (non-hydrogen) atoms. The van der Waals surface area contributed by atoms with Crippen LogP contribution in [0.15, 0.2) is 12.1 Å². The van der Waals surface area contributed by atoms with E-state index in [4.69, 9.17) is 11.6 Å². The topological polar surface area (TPSA) is 71.3 Å². The van der Waals surface area contributed by atoms with Gasteiger partial charge in [-0.2, -0.15) is 0 Å². The first-order valence-electron chi connectivity index (χ1n) is 6.46. The van der Waals surface area contributed by atoms with Crippen molar-refractivity contribution in [2.24, 2.45) is 0 Å². The van der Waals surface area contributed by atoms with Crippen molar-refractivity contribution in [2.75, 3.05) is 18.4 Å². The molecule has 0 bridgehead atoms. The quantitative estimate of drug-likeness (QED) is 0.523. The van der Waals surface area contributed by atoms with Gasteiger partial charge in [-0.05, 0) is 25.8 Å². The molecule has 0 spiro atoms. The number of aromatic nitrogens is 1. The van der Waals surface area contributed by atoms with Crippen LogP contribution in [0.5, 0.6) is 0 Å². The zero-order valence-electron chi connectivity index (χ0n) is 10.4. The van der Waals surface area contributed by atoms with Crippen molar-refractivity contribution in [3.05, 3.63) is 27.4 Å². The van der Waals surface area contributed by atoms with E-state index in [9.17, 15) is 10.1 Å². The summed E-state index contributed by atoms with van der Waals surface area (Å²) in [5.41, 5.74) is -0.0243. The Bertz CT molecular complexity index is 511. The minimum Gasteiger partial charge on any atom is -0.365 e. The van der Waals surface area contributed by atoms with E-state index in [1.54, 1.807) is 0 Å². The Hall–Kier alpha value is -1.40. The predicted molar refractivity (Wildman–Crippen MR) is 72.5 cm³/mol. The first-order valence-corrected chi connectivity index (χ1v) is 6.84. The normalized spacial score (nSPS) is 26.4. The Balaban J connectivity index is 1.78. The van der Waals surface area contributed by atoms with E-state index in [1.165, 1.54) is 25.0 Å². The van der Waals surface area contributed by atoms with Gasteiger partial charge in [-0.25, -0.2) is 4.98 Å². The first kappa shape index (κ1) is 12.6. The molecule has 3 heterocycles. The molecular weight excluding hydrogens is 268 g/mol. The molecule has 2 aliphatic rings. The molecule has 3 rings (SSSR count). The fourth-order valence-corrected chi connectivity index (χ4v) is 3.31. The summed E-state index contributed by atoms with van der Waals surface area (Å²) in [6, 6.07) is 3.56. The molecule has 6 nitrogen and oxygen atoms in total. The molecule has 2 fully saturated rings. The molecule has 1 aromatic heterocycles. The van der Waals surface area contributed by atoms with Gasteiger partial charge in [-0.1, -0.05) is 11.6 Å². The third-order valence-electron chi connectivity index (χ3n) is 3.93. The van der Waals surface area contributed by atoms with Crippen LogP contribution >= 0.6 is 11.6 Å². The van der Waals surface area contributed by atoms with Crippen molar-refractivity contribution >= 4 is 23.1 Å². The van der Waals surface area contributed by atoms with Gasteiger partial charge in [0.1, 0.15) is 11.0 Å². The molecule has 0 amide bonds. The minimum absolute atomic E-state index is 0.0243. The fraction of sp³-hybridized carbons (Fsp3) is 0.583. The first-order chi connectivity index (χ1) is 9.13. The van der Waals surface area contributed by atoms with Crippen LogP contribution in [0.3, 0.4) is 0 Å². The van der Waals surface area contributed by atoms with Gasteiger partial charge in [0.15, 0.2) is 0 Å². The van der Waals surface area contributed by atoms with Crippen LogP contribution in [0.1, 0.15) is 19.3 Å². The van der Waals surface area contributed by atoms with Crippen LogP contribution in [-0.2, 0) is 0 Å². The third-order valence-corrected chi connectivity index (χ3v) is 4.12. The Morgan fingerprint density at radius 1 is 1.42 bits per heavy atom. The molecule has 1 aromatic rings. The predicted octanol–water partition coefficient (Wildman–Crippen LogP) is 2.29. The van der Waals surface area contributed by atoms with Crippen LogP contribution in [0.4, 0.5) is 11.5 Å². The monoisotopic (exact) mass is 282 g/mol. The van der Waals surface area contributed by atoms with Gasteiger partial charge >= 0.3 is 0 Å². The molecule has 2 saturated heterocycles. The number of pyridine rings is 1. The second kappa shape index (κ2) is 4.94. The van der Waals surface area contributed by atoms with Gasteiger partial charge in [-0.15, -0.1) is 0 Å². The van der Waals surface area contributed by atoms with E-state index >= 15 is 0 Å². The smallest absolute Gasteiger partial charge is 0.276 e. The fourth-order valence-electron chi connectivity index (χ4n) is 3.10. The van der Waals surface area contributed by atoms with Crippen LogP contribution in [0.2, 0.25) is 5.15 Å². The molecule has 2 aliphatic heterocycles. The number of fused-ring (bicyclic) bond motifs is 1. The van der Waals surface area contributed by atoms with Crippen molar-refractivity contribution in [2.45, 2.75) is 31.3 Å². The summed E-state index contributed by atoms with van der Waals surface area (Å²) < 4.78 is 0. The summed E-state index contributed by atoms with van der Waals surface area (Å²) in [5, 5.41) is 14.3. The Morgan fingerprint density at radius 2 is 2.26 bits per heavy atom. The van der Waals surface area contributed by atoms with Gasteiger partial charge in [0.2, 0.25) is 0 Å². The zero-order chi connectivity index (χ0) is 13.4. The van der Waals surface area contributed by atoms with E-state index in [2.05, 4.69) is 15.2 Å². The SMILES string of the molecule is O=[N+]([O-])c1cc(Cl)nc(NC2CCN3CCCC23)c1. The molecule has 1 N–H and O–H groups in total. The number of nitrogens with one attached hydrogen (secondary N) is 1. The van der Waals surface area contributed by atoms with Crippen LogP contribution in [0.25, 0.3) is 0 Å². The number of hydrogen-bond donors (Lipinski definition) is 1.